The molecule has 0 atom stereocenters. The summed E-state index contributed by atoms with van der Waals surface area (Å²) in [4.78, 5) is 0.0480. The number of nitrogen functional groups attached to an aromatic ring is 1. The lowest BCUT2D eigenvalue weighted by Gasteiger charge is -2.12. The number of halogens is 4. The number of anilines is 2. The Morgan fingerprint density at radius 3 is 2.29 bits per heavy atom. The van der Waals surface area contributed by atoms with Gasteiger partial charge >= 0.3 is 0 Å². The predicted octanol–water partition coefficient (Wildman–Crippen LogP) is 4.90. The Balaban J connectivity index is 2.45. The quantitative estimate of drug-likeness (QED) is 0.491. The van der Waals surface area contributed by atoms with Crippen molar-refractivity contribution in [3.63, 3.8) is 0 Å². The molecule has 0 aromatic heterocycles. The lowest BCUT2D eigenvalue weighted by Crippen LogP contribution is -2.14. The number of nitrogens with two attached hydrogens (primary N) is 1. The van der Waals surface area contributed by atoms with Crippen LogP contribution in [-0.2, 0) is 10.0 Å². The van der Waals surface area contributed by atoms with Gasteiger partial charge < -0.3 is 5.73 Å². The van der Waals surface area contributed by atoms with E-state index in [1.165, 1.54) is 24.3 Å². The fourth-order valence-electron chi connectivity index (χ4n) is 1.54. The van der Waals surface area contributed by atoms with Crippen molar-refractivity contribution >= 4 is 76.5 Å². The topological polar surface area (TPSA) is 72.2 Å². The van der Waals surface area contributed by atoms with Gasteiger partial charge in [-0.05, 0) is 62.2 Å². The van der Waals surface area contributed by atoms with Crippen LogP contribution in [0.25, 0.3) is 0 Å². The van der Waals surface area contributed by atoms with Gasteiger partial charge in [-0.25, -0.2) is 8.42 Å². The van der Waals surface area contributed by atoms with Gasteiger partial charge in [-0.1, -0.05) is 23.2 Å². The molecule has 0 radical (unpaired) electrons. The van der Waals surface area contributed by atoms with Crippen molar-refractivity contribution in [3.8, 4) is 0 Å². The highest BCUT2D eigenvalue weighted by atomic mass is 79.9. The van der Waals surface area contributed by atoms with Crippen LogP contribution in [0.1, 0.15) is 0 Å². The summed E-state index contributed by atoms with van der Waals surface area (Å²) in [7, 11) is -3.82. The van der Waals surface area contributed by atoms with E-state index in [1.807, 2.05) is 0 Å². The van der Waals surface area contributed by atoms with Gasteiger partial charge in [0.1, 0.15) is 4.90 Å². The molecule has 3 N–H and O–H groups in total. The van der Waals surface area contributed by atoms with Crippen molar-refractivity contribution in [2.24, 2.45) is 0 Å². The monoisotopic (exact) mass is 472 g/mol. The van der Waals surface area contributed by atoms with E-state index in [-0.39, 0.29) is 20.6 Å². The molecule has 112 valence electrons. The van der Waals surface area contributed by atoms with E-state index >= 15 is 0 Å². The molecule has 0 bridgehead atoms. The van der Waals surface area contributed by atoms with Gasteiger partial charge in [-0.15, -0.1) is 0 Å². The molecule has 0 aliphatic carbocycles. The summed E-state index contributed by atoms with van der Waals surface area (Å²) in [6.45, 7) is 0. The molecule has 0 heterocycles. The van der Waals surface area contributed by atoms with Crippen LogP contribution in [0.4, 0.5) is 11.4 Å². The molecule has 2 aromatic carbocycles. The van der Waals surface area contributed by atoms with E-state index in [9.17, 15) is 8.42 Å². The fourth-order valence-corrected chi connectivity index (χ4v) is 4.59. The van der Waals surface area contributed by atoms with Crippen LogP contribution < -0.4 is 10.5 Å². The highest BCUT2D eigenvalue weighted by Gasteiger charge is 2.20. The zero-order valence-electron chi connectivity index (χ0n) is 10.2. The second kappa shape index (κ2) is 6.34. The number of benzene rings is 2. The molecule has 0 fully saturated rings. The second-order valence-corrected chi connectivity index (χ2v) is 8.13. The van der Waals surface area contributed by atoms with E-state index in [1.54, 1.807) is 6.07 Å². The van der Waals surface area contributed by atoms with E-state index < -0.39 is 10.0 Å². The standard InChI is InChI=1S/C12H8Br2Cl2N2O2S/c13-7-2-3-9(12(16)11(7)15)18-21(19,20)10-4-1-6(17)5-8(10)14/h1-5,18H,17H2. The molecule has 4 nitrogen and oxygen atoms in total. The molecule has 0 spiro atoms. The van der Waals surface area contributed by atoms with Crippen molar-refractivity contribution in [3.05, 3.63) is 49.3 Å². The minimum atomic E-state index is -3.82. The summed E-state index contributed by atoms with van der Waals surface area (Å²) in [6, 6.07) is 7.52. The van der Waals surface area contributed by atoms with E-state index in [2.05, 4.69) is 36.6 Å². The van der Waals surface area contributed by atoms with Gasteiger partial charge in [0.05, 0.1) is 15.7 Å². The first kappa shape index (κ1) is 16.9. The average Bonchev–Trinajstić information content (AvgIpc) is 2.39. The lowest BCUT2D eigenvalue weighted by molar-refractivity contribution is 0.601. The zero-order valence-corrected chi connectivity index (χ0v) is 15.7. The van der Waals surface area contributed by atoms with Crippen LogP contribution in [0.3, 0.4) is 0 Å². The number of rotatable bonds is 3. The molecule has 0 unspecified atom stereocenters. The summed E-state index contributed by atoms with van der Waals surface area (Å²) in [5.74, 6) is 0. The van der Waals surface area contributed by atoms with Crippen LogP contribution >= 0.6 is 55.1 Å². The van der Waals surface area contributed by atoms with E-state index in [0.717, 1.165) is 0 Å². The van der Waals surface area contributed by atoms with Crippen molar-refractivity contribution in [2.45, 2.75) is 4.90 Å². The summed E-state index contributed by atoms with van der Waals surface area (Å²) < 4.78 is 28.1. The summed E-state index contributed by atoms with van der Waals surface area (Å²) in [6.07, 6.45) is 0. The summed E-state index contributed by atoms with van der Waals surface area (Å²) >= 11 is 18.4. The van der Waals surface area contributed by atoms with Gasteiger partial charge in [0.2, 0.25) is 0 Å². The number of hydrogen-bond donors (Lipinski definition) is 2. The van der Waals surface area contributed by atoms with Crippen LogP contribution in [0, 0.1) is 0 Å². The third kappa shape index (κ3) is 3.65. The first-order chi connectivity index (χ1) is 9.72. The van der Waals surface area contributed by atoms with Crippen LogP contribution in [0.15, 0.2) is 44.2 Å². The van der Waals surface area contributed by atoms with Crippen molar-refractivity contribution in [1.82, 2.24) is 0 Å². The summed E-state index contributed by atoms with van der Waals surface area (Å²) in [5, 5.41) is 0.342. The van der Waals surface area contributed by atoms with Crippen LogP contribution in [-0.4, -0.2) is 8.42 Å². The van der Waals surface area contributed by atoms with Gasteiger partial charge in [-0.2, -0.15) is 0 Å². The molecule has 0 saturated carbocycles. The highest BCUT2D eigenvalue weighted by molar-refractivity contribution is 9.10. The van der Waals surface area contributed by atoms with Gasteiger partial charge in [0.25, 0.3) is 10.0 Å². The SMILES string of the molecule is Nc1ccc(S(=O)(=O)Nc2ccc(Br)c(Cl)c2Cl)c(Br)c1. The fraction of sp³-hybridized carbons (Fsp3) is 0. The van der Waals surface area contributed by atoms with Crippen LogP contribution in [0.2, 0.25) is 10.0 Å². The molecule has 0 amide bonds. The highest BCUT2D eigenvalue weighted by Crippen LogP contribution is 2.37. The Kier molecular flexibility index (Phi) is 5.10. The Labute approximate surface area is 148 Å². The zero-order chi connectivity index (χ0) is 15.8. The minimum absolute atomic E-state index is 0.0480. The number of nitrogens with one attached hydrogen (secondary N) is 1. The largest absolute Gasteiger partial charge is 0.399 e. The normalized spacial score (nSPS) is 11.4. The Hall–Kier alpha value is -0.470. The molecule has 0 saturated heterocycles. The first-order valence-electron chi connectivity index (χ1n) is 5.43. The molecule has 9 heteroatoms. The van der Waals surface area contributed by atoms with Gasteiger partial charge in [0.15, 0.2) is 0 Å². The minimum Gasteiger partial charge on any atom is -0.399 e. The molecule has 21 heavy (non-hydrogen) atoms. The molecular formula is C12H8Br2Cl2N2O2S. The average molecular weight is 475 g/mol. The van der Waals surface area contributed by atoms with Crippen molar-refractivity contribution in [2.75, 3.05) is 10.5 Å². The van der Waals surface area contributed by atoms with Gasteiger partial charge in [-0.3, -0.25) is 4.72 Å². The van der Waals surface area contributed by atoms with Crippen molar-refractivity contribution in [1.29, 1.82) is 0 Å². The maximum absolute atomic E-state index is 12.4. The molecule has 2 rings (SSSR count). The smallest absolute Gasteiger partial charge is 0.263 e. The molecule has 0 aliphatic heterocycles. The lowest BCUT2D eigenvalue weighted by atomic mass is 10.3. The number of hydrogen-bond acceptors (Lipinski definition) is 3. The van der Waals surface area contributed by atoms with Crippen molar-refractivity contribution < 1.29 is 8.42 Å². The first-order valence-corrected chi connectivity index (χ1v) is 9.26. The third-order valence-corrected chi connectivity index (χ3v) is 6.64. The predicted molar refractivity (Wildman–Crippen MR) is 93.5 cm³/mol. The Bertz CT molecular complexity index is 813. The maximum Gasteiger partial charge on any atom is 0.263 e. The Morgan fingerprint density at radius 2 is 1.67 bits per heavy atom. The molecule has 0 aliphatic rings. The van der Waals surface area contributed by atoms with E-state index in [4.69, 9.17) is 28.9 Å². The van der Waals surface area contributed by atoms with Gasteiger partial charge in [0, 0.05) is 14.6 Å². The van der Waals surface area contributed by atoms with E-state index in [0.29, 0.717) is 14.6 Å². The summed E-state index contributed by atoms with van der Waals surface area (Å²) in [5.41, 5.74) is 6.23. The third-order valence-electron chi connectivity index (χ3n) is 2.52. The molecule has 2 aromatic rings. The second-order valence-electron chi connectivity index (χ2n) is 4.02. The molecular weight excluding hydrogens is 467 g/mol. The maximum atomic E-state index is 12.4. The van der Waals surface area contributed by atoms with Crippen LogP contribution in [0.5, 0.6) is 0 Å². The Morgan fingerprint density at radius 1 is 1.00 bits per heavy atom. The number of sulfonamides is 1.